The van der Waals surface area contributed by atoms with Gasteiger partial charge in [-0.2, -0.15) is 0 Å². The van der Waals surface area contributed by atoms with Crippen LogP contribution in [0.3, 0.4) is 0 Å². The summed E-state index contributed by atoms with van der Waals surface area (Å²) in [7, 11) is 0. The predicted octanol–water partition coefficient (Wildman–Crippen LogP) is 1.65. The first kappa shape index (κ1) is 13.8. The van der Waals surface area contributed by atoms with Gasteiger partial charge >= 0.3 is 0 Å². The van der Waals surface area contributed by atoms with E-state index in [9.17, 15) is 4.79 Å². The minimum Gasteiger partial charge on any atom is -0.334 e. The van der Waals surface area contributed by atoms with Crippen LogP contribution in [0.25, 0.3) is 0 Å². The summed E-state index contributed by atoms with van der Waals surface area (Å²) in [5, 5.41) is 2.09. The molecule has 0 aliphatic carbocycles. The van der Waals surface area contributed by atoms with E-state index in [1.807, 2.05) is 4.90 Å². The number of pyridine rings is 1. The van der Waals surface area contributed by atoms with Gasteiger partial charge in [-0.05, 0) is 29.5 Å². The van der Waals surface area contributed by atoms with Gasteiger partial charge in [0, 0.05) is 30.4 Å². The summed E-state index contributed by atoms with van der Waals surface area (Å²) in [6.07, 6.45) is 4.17. The Bertz CT molecular complexity index is 726. The Balaban J connectivity index is 1.86. The van der Waals surface area contributed by atoms with Crippen molar-refractivity contribution in [1.82, 2.24) is 9.88 Å². The van der Waals surface area contributed by atoms with Crippen LogP contribution in [-0.4, -0.2) is 28.9 Å². The highest BCUT2D eigenvalue weighted by molar-refractivity contribution is 7.10. The smallest absolute Gasteiger partial charge is 0.255 e. The molecule has 0 spiro atoms. The van der Waals surface area contributed by atoms with E-state index < -0.39 is 0 Å². The first-order valence-corrected chi connectivity index (χ1v) is 7.65. The summed E-state index contributed by atoms with van der Waals surface area (Å²) in [4.78, 5) is 20.0. The molecular formula is C16H15N3OS. The van der Waals surface area contributed by atoms with Crippen molar-refractivity contribution in [1.29, 1.82) is 0 Å². The molecule has 1 aliphatic heterocycles. The van der Waals surface area contributed by atoms with Gasteiger partial charge in [-0.15, -0.1) is 11.3 Å². The Morgan fingerprint density at radius 3 is 3.24 bits per heavy atom. The molecule has 0 radical (unpaired) electrons. The Morgan fingerprint density at radius 2 is 2.38 bits per heavy atom. The zero-order chi connectivity index (χ0) is 14.7. The summed E-state index contributed by atoms with van der Waals surface area (Å²) >= 11 is 1.76. The van der Waals surface area contributed by atoms with Crippen molar-refractivity contribution >= 4 is 17.2 Å². The van der Waals surface area contributed by atoms with E-state index in [0.29, 0.717) is 17.7 Å². The number of fused-ring (bicyclic) bond motifs is 1. The van der Waals surface area contributed by atoms with E-state index in [1.54, 1.807) is 29.8 Å². The number of nitrogens with two attached hydrogens (primary N) is 1. The number of hydrogen-bond acceptors (Lipinski definition) is 4. The summed E-state index contributed by atoms with van der Waals surface area (Å²) in [5.41, 5.74) is 7.90. The number of hydrogen-bond donors (Lipinski definition) is 1. The number of aromatic nitrogens is 1. The molecule has 0 saturated heterocycles. The Morgan fingerprint density at radius 1 is 1.48 bits per heavy atom. The minimum absolute atomic E-state index is 0.00979. The second-order valence-corrected chi connectivity index (χ2v) is 5.77. The monoisotopic (exact) mass is 297 g/mol. The molecule has 21 heavy (non-hydrogen) atoms. The molecule has 0 aromatic carbocycles. The van der Waals surface area contributed by atoms with Gasteiger partial charge in [-0.1, -0.05) is 11.8 Å². The number of nitrogens with zero attached hydrogens (tertiary/aromatic N) is 2. The number of rotatable bonds is 1. The number of carbonyl (C=O) groups excluding carboxylic acids is 1. The first-order chi connectivity index (χ1) is 10.3. The van der Waals surface area contributed by atoms with Crippen molar-refractivity contribution in [3.8, 4) is 11.8 Å². The zero-order valence-corrected chi connectivity index (χ0v) is 12.3. The van der Waals surface area contributed by atoms with Gasteiger partial charge in [-0.25, -0.2) is 0 Å². The molecule has 1 aliphatic rings. The molecule has 106 valence electrons. The third kappa shape index (κ3) is 2.82. The second kappa shape index (κ2) is 6.08. The van der Waals surface area contributed by atoms with Crippen molar-refractivity contribution in [2.75, 3.05) is 13.1 Å². The van der Waals surface area contributed by atoms with Crippen LogP contribution in [0.5, 0.6) is 0 Å². The van der Waals surface area contributed by atoms with Gasteiger partial charge in [0.15, 0.2) is 0 Å². The van der Waals surface area contributed by atoms with Crippen LogP contribution < -0.4 is 5.73 Å². The topological polar surface area (TPSA) is 59.2 Å². The van der Waals surface area contributed by atoms with E-state index in [-0.39, 0.29) is 12.5 Å². The van der Waals surface area contributed by atoms with E-state index in [1.165, 1.54) is 10.4 Å². The molecular weight excluding hydrogens is 282 g/mol. The van der Waals surface area contributed by atoms with Crippen LogP contribution in [0, 0.1) is 11.8 Å². The number of thiophene rings is 1. The van der Waals surface area contributed by atoms with E-state index >= 15 is 0 Å². The summed E-state index contributed by atoms with van der Waals surface area (Å²) < 4.78 is 0. The van der Waals surface area contributed by atoms with Crippen molar-refractivity contribution in [3.05, 3.63) is 51.5 Å². The average molecular weight is 297 g/mol. The highest BCUT2D eigenvalue weighted by Crippen LogP contribution is 2.25. The second-order valence-electron chi connectivity index (χ2n) is 4.77. The molecule has 0 atom stereocenters. The van der Waals surface area contributed by atoms with Gasteiger partial charge in [-0.3, -0.25) is 9.78 Å². The molecule has 0 unspecified atom stereocenters. The van der Waals surface area contributed by atoms with Gasteiger partial charge in [0.2, 0.25) is 0 Å². The molecule has 1 amide bonds. The fraction of sp³-hybridized carbons (Fsp3) is 0.250. The maximum atomic E-state index is 12.7. The average Bonchev–Trinajstić information content (AvgIpc) is 3.00. The quantitative estimate of drug-likeness (QED) is 0.814. The largest absolute Gasteiger partial charge is 0.334 e. The Labute approximate surface area is 127 Å². The fourth-order valence-corrected chi connectivity index (χ4v) is 3.31. The Hall–Kier alpha value is -2.16. The lowest BCUT2D eigenvalue weighted by atomic mass is 10.1. The molecule has 3 rings (SSSR count). The fourth-order valence-electron chi connectivity index (χ4n) is 2.42. The highest BCUT2D eigenvalue weighted by atomic mass is 32.1. The first-order valence-electron chi connectivity index (χ1n) is 6.77. The lowest BCUT2D eigenvalue weighted by molar-refractivity contribution is 0.0735. The van der Waals surface area contributed by atoms with Crippen LogP contribution in [0.15, 0.2) is 29.9 Å². The number of amides is 1. The zero-order valence-electron chi connectivity index (χ0n) is 11.5. The van der Waals surface area contributed by atoms with Crippen LogP contribution in [-0.2, 0) is 13.0 Å². The van der Waals surface area contributed by atoms with Crippen molar-refractivity contribution < 1.29 is 4.79 Å². The summed E-state index contributed by atoms with van der Waals surface area (Å²) in [5.74, 6) is 5.72. The molecule has 3 heterocycles. The van der Waals surface area contributed by atoms with Crippen LogP contribution in [0.1, 0.15) is 26.4 Å². The van der Waals surface area contributed by atoms with Crippen LogP contribution >= 0.6 is 11.3 Å². The standard InChI is InChI=1S/C16H15N3OS/c17-6-1-2-12-10-18-7-3-14(12)16(20)19-8-4-15-13(11-19)5-9-21-15/h3,5,7,9-10H,4,6,8,11,17H2. The molecule has 2 aromatic rings. The van der Waals surface area contributed by atoms with E-state index in [2.05, 4.69) is 28.3 Å². The molecule has 2 N–H and O–H groups in total. The van der Waals surface area contributed by atoms with E-state index in [0.717, 1.165) is 13.0 Å². The third-order valence-electron chi connectivity index (χ3n) is 3.47. The lowest BCUT2D eigenvalue weighted by Crippen LogP contribution is -2.35. The van der Waals surface area contributed by atoms with Gasteiger partial charge < -0.3 is 10.6 Å². The lowest BCUT2D eigenvalue weighted by Gasteiger charge is -2.27. The van der Waals surface area contributed by atoms with Crippen molar-refractivity contribution in [2.24, 2.45) is 5.73 Å². The molecule has 2 aromatic heterocycles. The normalized spacial score (nSPS) is 13.3. The summed E-state index contributed by atoms with van der Waals surface area (Å²) in [6, 6.07) is 3.83. The van der Waals surface area contributed by atoms with Gasteiger partial charge in [0.25, 0.3) is 5.91 Å². The Kier molecular flexibility index (Phi) is 4.00. The van der Waals surface area contributed by atoms with Gasteiger partial charge in [0.05, 0.1) is 17.7 Å². The maximum Gasteiger partial charge on any atom is 0.255 e. The third-order valence-corrected chi connectivity index (χ3v) is 4.49. The molecule has 0 fully saturated rings. The summed E-state index contributed by atoms with van der Waals surface area (Å²) in [6.45, 7) is 1.69. The highest BCUT2D eigenvalue weighted by Gasteiger charge is 2.23. The van der Waals surface area contributed by atoms with E-state index in [4.69, 9.17) is 5.73 Å². The van der Waals surface area contributed by atoms with Gasteiger partial charge in [0.1, 0.15) is 0 Å². The number of carbonyl (C=O) groups is 1. The van der Waals surface area contributed by atoms with Crippen LogP contribution in [0.4, 0.5) is 0 Å². The molecule has 5 heteroatoms. The van der Waals surface area contributed by atoms with Crippen LogP contribution in [0.2, 0.25) is 0 Å². The SMILES string of the molecule is NCC#Cc1cnccc1C(=O)N1CCc2sccc2C1. The molecule has 0 bridgehead atoms. The maximum absolute atomic E-state index is 12.7. The molecule has 4 nitrogen and oxygen atoms in total. The predicted molar refractivity (Wildman–Crippen MR) is 82.9 cm³/mol. The van der Waals surface area contributed by atoms with Crippen molar-refractivity contribution in [3.63, 3.8) is 0 Å². The minimum atomic E-state index is 0.00979. The molecule has 0 saturated carbocycles. The van der Waals surface area contributed by atoms with Crippen molar-refractivity contribution in [2.45, 2.75) is 13.0 Å².